The van der Waals surface area contributed by atoms with Crippen LogP contribution in [0.1, 0.15) is 6.42 Å². The number of fused-ring (bicyclic) bond motifs is 1. The maximum atomic E-state index is 11.6. The minimum absolute atomic E-state index is 0.0631. The third-order valence-electron chi connectivity index (χ3n) is 3.67. The highest BCUT2D eigenvalue weighted by molar-refractivity contribution is 5.79. The van der Waals surface area contributed by atoms with Gasteiger partial charge in [-0.1, -0.05) is 6.08 Å². The van der Waals surface area contributed by atoms with Crippen LogP contribution in [0, 0.1) is 0 Å². The second kappa shape index (κ2) is 1.82. The molecule has 2 bridgehead atoms. The number of carbonyl (C=O) groups is 1. The van der Waals surface area contributed by atoms with Gasteiger partial charge in [0.1, 0.15) is 5.82 Å². The fraction of sp³-hybridized carbons (Fsp3) is 0.500. The number of amides is 2. The molecule has 1 N–H and O–H groups in total. The molecule has 14 heavy (non-hydrogen) atoms. The monoisotopic (exact) mass is 189 g/mol. The van der Waals surface area contributed by atoms with Gasteiger partial charge in [0.05, 0.1) is 12.1 Å². The van der Waals surface area contributed by atoms with Gasteiger partial charge in [0.2, 0.25) is 0 Å². The first-order valence-electron chi connectivity index (χ1n) is 5.02. The lowest BCUT2D eigenvalue weighted by Gasteiger charge is -2.30. The van der Waals surface area contributed by atoms with Crippen LogP contribution >= 0.6 is 0 Å². The van der Waals surface area contributed by atoms with Crippen molar-refractivity contribution in [2.24, 2.45) is 0 Å². The number of rotatable bonds is 0. The van der Waals surface area contributed by atoms with Crippen LogP contribution in [0.2, 0.25) is 0 Å². The molecule has 72 valence electrons. The van der Waals surface area contributed by atoms with E-state index in [-0.39, 0.29) is 11.6 Å². The van der Waals surface area contributed by atoms with E-state index in [0.29, 0.717) is 6.54 Å². The summed E-state index contributed by atoms with van der Waals surface area (Å²) in [6.07, 6.45) is 5.61. The topological polar surface area (TPSA) is 35.6 Å². The Morgan fingerprint density at radius 1 is 1.50 bits per heavy atom. The molecule has 4 heteroatoms. The predicted molar refractivity (Wildman–Crippen MR) is 50.3 cm³/mol. The lowest BCUT2D eigenvalue weighted by molar-refractivity contribution is 0.211. The molecule has 5 rings (SSSR count). The third kappa shape index (κ3) is 0.557. The van der Waals surface area contributed by atoms with Gasteiger partial charge in [-0.3, -0.25) is 4.90 Å². The predicted octanol–water partition coefficient (Wildman–Crippen LogP) is 0.251. The molecule has 1 unspecified atom stereocenters. The second-order valence-electron chi connectivity index (χ2n) is 4.50. The summed E-state index contributed by atoms with van der Waals surface area (Å²) in [5.41, 5.74) is 1.72. The van der Waals surface area contributed by atoms with Crippen LogP contribution in [0.4, 0.5) is 4.79 Å². The van der Waals surface area contributed by atoms with Crippen molar-refractivity contribution in [1.82, 2.24) is 15.1 Å². The third-order valence-corrected chi connectivity index (χ3v) is 3.67. The first-order valence-corrected chi connectivity index (χ1v) is 5.02. The first kappa shape index (κ1) is 6.92. The maximum Gasteiger partial charge on any atom is 0.323 e. The number of carbonyl (C=O) groups excluding carboxylic acids is 1. The smallest absolute Gasteiger partial charge is 0.323 e. The van der Waals surface area contributed by atoms with Crippen LogP contribution in [-0.4, -0.2) is 41.0 Å². The Bertz CT molecular complexity index is 412. The van der Waals surface area contributed by atoms with Crippen LogP contribution in [0.3, 0.4) is 0 Å². The molecule has 0 saturated carbocycles. The van der Waals surface area contributed by atoms with E-state index in [0.717, 1.165) is 25.3 Å². The summed E-state index contributed by atoms with van der Waals surface area (Å²) in [5, 5.41) is 2.84. The number of hydrogen-bond acceptors (Lipinski definition) is 2. The zero-order valence-corrected chi connectivity index (χ0v) is 7.79. The van der Waals surface area contributed by atoms with E-state index in [9.17, 15) is 4.79 Å². The molecule has 0 aromatic carbocycles. The molecule has 0 aromatic rings. The average Bonchev–Trinajstić information content (AvgIpc) is 2.66. The summed E-state index contributed by atoms with van der Waals surface area (Å²) in [6, 6.07) is 0.0631. The van der Waals surface area contributed by atoms with Gasteiger partial charge in [-0.2, -0.15) is 0 Å². The Balaban J connectivity index is 1.83. The minimum Gasteiger partial charge on any atom is -0.343 e. The second-order valence-corrected chi connectivity index (χ2v) is 4.50. The summed E-state index contributed by atoms with van der Waals surface area (Å²) >= 11 is 0. The molecule has 5 aliphatic rings. The first-order chi connectivity index (χ1) is 6.78. The van der Waals surface area contributed by atoms with E-state index in [1.54, 1.807) is 0 Å². The van der Waals surface area contributed by atoms with E-state index in [1.165, 1.54) is 5.57 Å². The number of urea groups is 1. The molecule has 2 saturated heterocycles. The van der Waals surface area contributed by atoms with Crippen molar-refractivity contribution in [3.05, 3.63) is 23.5 Å². The van der Waals surface area contributed by atoms with Crippen molar-refractivity contribution in [2.45, 2.75) is 12.0 Å². The van der Waals surface area contributed by atoms with Crippen LogP contribution in [0.5, 0.6) is 0 Å². The van der Waals surface area contributed by atoms with Crippen molar-refractivity contribution >= 4 is 6.03 Å². The van der Waals surface area contributed by atoms with Gasteiger partial charge in [-0.05, 0) is 18.1 Å². The van der Waals surface area contributed by atoms with Crippen molar-refractivity contribution in [3.8, 4) is 0 Å². The highest BCUT2D eigenvalue weighted by Gasteiger charge is 2.57. The Kier molecular flexibility index (Phi) is 0.902. The minimum atomic E-state index is 0.0631. The van der Waals surface area contributed by atoms with E-state index < -0.39 is 0 Å². The number of nitrogens with one attached hydrogen (secondary N) is 1. The molecule has 0 radical (unpaired) electrons. The maximum absolute atomic E-state index is 11.6. The molecule has 1 atom stereocenters. The van der Waals surface area contributed by atoms with Crippen LogP contribution in [0.25, 0.3) is 0 Å². The Labute approximate surface area is 81.9 Å². The van der Waals surface area contributed by atoms with Gasteiger partial charge in [0, 0.05) is 13.1 Å². The van der Waals surface area contributed by atoms with Gasteiger partial charge in [0.15, 0.2) is 0 Å². The molecule has 2 amide bonds. The summed E-state index contributed by atoms with van der Waals surface area (Å²) < 4.78 is 0. The van der Waals surface area contributed by atoms with E-state index in [1.807, 2.05) is 4.90 Å². The lowest BCUT2D eigenvalue weighted by atomic mass is 9.84. The number of hydrogen-bond donors (Lipinski definition) is 1. The fourth-order valence-corrected chi connectivity index (χ4v) is 3.10. The molecule has 4 nitrogen and oxygen atoms in total. The van der Waals surface area contributed by atoms with Gasteiger partial charge < -0.3 is 10.2 Å². The molecular weight excluding hydrogens is 178 g/mol. The van der Waals surface area contributed by atoms with Crippen molar-refractivity contribution in [1.29, 1.82) is 0 Å². The van der Waals surface area contributed by atoms with E-state index in [2.05, 4.69) is 22.4 Å². The largest absolute Gasteiger partial charge is 0.343 e. The summed E-state index contributed by atoms with van der Waals surface area (Å²) in [5.74, 6) is 1.12. The molecular formula is C10H11N3O. The summed E-state index contributed by atoms with van der Waals surface area (Å²) in [7, 11) is 0. The van der Waals surface area contributed by atoms with Gasteiger partial charge in [-0.15, -0.1) is 0 Å². The zero-order valence-electron chi connectivity index (χ0n) is 7.79. The number of nitrogens with zero attached hydrogens (tertiary/aromatic N) is 2. The highest BCUT2D eigenvalue weighted by atomic mass is 16.2. The quantitative estimate of drug-likeness (QED) is 0.554. The zero-order chi connectivity index (χ0) is 9.34. The fourth-order valence-electron chi connectivity index (χ4n) is 3.10. The Morgan fingerprint density at radius 2 is 2.36 bits per heavy atom. The van der Waals surface area contributed by atoms with Crippen LogP contribution in [0.15, 0.2) is 23.5 Å². The van der Waals surface area contributed by atoms with Crippen molar-refractivity contribution in [2.75, 3.05) is 19.6 Å². The average molecular weight is 189 g/mol. The van der Waals surface area contributed by atoms with Crippen LogP contribution < -0.4 is 5.32 Å². The SMILES string of the molecule is O=C1NCC=C2N1CC13C=C(CN21)C3. The van der Waals surface area contributed by atoms with Crippen molar-refractivity contribution in [3.63, 3.8) is 0 Å². The molecule has 2 fully saturated rings. The van der Waals surface area contributed by atoms with E-state index in [4.69, 9.17) is 0 Å². The standard InChI is InChI=1S/C10H11N3O/c14-9-11-2-1-8-12(9)6-10-3-7(4-10)5-13(8)10/h1,3H,2,4-6H2,(H,11,14). The molecule has 1 spiro atoms. The molecule has 4 aliphatic heterocycles. The Morgan fingerprint density at radius 3 is 3.21 bits per heavy atom. The highest BCUT2D eigenvalue weighted by Crippen LogP contribution is 2.51. The molecule has 4 heterocycles. The van der Waals surface area contributed by atoms with Gasteiger partial charge in [0.25, 0.3) is 0 Å². The van der Waals surface area contributed by atoms with Gasteiger partial charge >= 0.3 is 6.03 Å². The molecule has 0 aromatic heterocycles. The van der Waals surface area contributed by atoms with E-state index >= 15 is 0 Å². The van der Waals surface area contributed by atoms with Crippen LogP contribution in [-0.2, 0) is 0 Å². The summed E-state index contributed by atoms with van der Waals surface area (Å²) in [6.45, 7) is 2.55. The normalized spacial score (nSPS) is 37.0. The Hall–Kier alpha value is -1.45. The lowest BCUT2D eigenvalue weighted by Crippen LogP contribution is -2.44. The molecule has 1 aliphatic carbocycles. The summed E-state index contributed by atoms with van der Waals surface area (Å²) in [4.78, 5) is 15.8. The van der Waals surface area contributed by atoms with Gasteiger partial charge in [-0.25, -0.2) is 4.79 Å². The van der Waals surface area contributed by atoms with Crippen molar-refractivity contribution < 1.29 is 4.79 Å².